The van der Waals surface area contributed by atoms with Gasteiger partial charge in [-0.15, -0.1) is 0 Å². The largest absolute Gasteiger partial charge is 0.352 e. The summed E-state index contributed by atoms with van der Waals surface area (Å²) in [5.74, 6) is 0. The highest BCUT2D eigenvalue weighted by molar-refractivity contribution is 5.76. The molecule has 0 saturated carbocycles. The van der Waals surface area contributed by atoms with Crippen molar-refractivity contribution in [2.24, 2.45) is 4.99 Å². The Kier molecular flexibility index (Phi) is 3.20. The highest BCUT2D eigenvalue weighted by Gasteiger charge is 2.09. The molecule has 4 heteroatoms. The minimum atomic E-state index is 0.945. The molecule has 108 valence electrons. The monoisotopic (exact) mass is 288 g/mol. The summed E-state index contributed by atoms with van der Waals surface area (Å²) in [7, 11) is 0. The third-order valence-corrected chi connectivity index (χ3v) is 3.74. The van der Waals surface area contributed by atoms with Gasteiger partial charge in [0.1, 0.15) is 0 Å². The number of rotatable bonds is 3. The van der Waals surface area contributed by atoms with Gasteiger partial charge in [0.25, 0.3) is 0 Å². The SMILES string of the molecule is C1=NC(c2ccc(-c3ccc(-c4ccccn4)[nH]3)[nH]2)=CCC1. The first-order chi connectivity index (χ1) is 10.9. The zero-order valence-corrected chi connectivity index (χ0v) is 12.1. The molecule has 2 N–H and O–H groups in total. The van der Waals surface area contributed by atoms with E-state index >= 15 is 0 Å². The zero-order chi connectivity index (χ0) is 14.8. The maximum atomic E-state index is 4.44. The standard InChI is InChI=1S/C18H16N4/c1-3-11-19-13(5-1)15-7-9-17(21-15)18-10-8-16(22-18)14-6-2-4-12-20-14/h1,3,5-12,21-22H,2,4H2. The van der Waals surface area contributed by atoms with Gasteiger partial charge >= 0.3 is 0 Å². The van der Waals surface area contributed by atoms with Crippen LogP contribution in [0.5, 0.6) is 0 Å². The number of pyridine rings is 1. The van der Waals surface area contributed by atoms with Gasteiger partial charge in [-0.2, -0.15) is 0 Å². The van der Waals surface area contributed by atoms with E-state index in [2.05, 4.69) is 50.3 Å². The van der Waals surface area contributed by atoms with E-state index < -0.39 is 0 Å². The summed E-state index contributed by atoms with van der Waals surface area (Å²) in [6, 6.07) is 14.2. The fourth-order valence-electron chi connectivity index (χ4n) is 2.61. The second kappa shape index (κ2) is 5.48. The van der Waals surface area contributed by atoms with Gasteiger partial charge in [-0.1, -0.05) is 12.1 Å². The van der Waals surface area contributed by atoms with Crippen molar-refractivity contribution in [2.45, 2.75) is 12.8 Å². The predicted octanol–water partition coefficient (Wildman–Crippen LogP) is 4.28. The minimum absolute atomic E-state index is 0.945. The molecule has 4 nitrogen and oxygen atoms in total. The lowest BCUT2D eigenvalue weighted by atomic mass is 10.2. The van der Waals surface area contributed by atoms with Crippen LogP contribution >= 0.6 is 0 Å². The van der Waals surface area contributed by atoms with Gasteiger partial charge in [0.15, 0.2) is 0 Å². The molecular formula is C18H16N4. The molecule has 4 rings (SSSR count). The molecule has 0 aromatic carbocycles. The Labute approximate surface area is 128 Å². The highest BCUT2D eigenvalue weighted by atomic mass is 14.9. The molecule has 0 unspecified atom stereocenters. The van der Waals surface area contributed by atoms with Crippen LogP contribution in [0.25, 0.3) is 28.5 Å². The molecular weight excluding hydrogens is 272 g/mol. The molecule has 0 amide bonds. The van der Waals surface area contributed by atoms with Crippen molar-refractivity contribution in [3.63, 3.8) is 0 Å². The first-order valence-electron chi connectivity index (χ1n) is 7.43. The van der Waals surface area contributed by atoms with Gasteiger partial charge in [0.05, 0.1) is 34.2 Å². The molecule has 3 aromatic heterocycles. The number of allylic oxidation sites excluding steroid dienone is 1. The number of nitrogens with one attached hydrogen (secondary N) is 2. The van der Waals surface area contributed by atoms with E-state index in [-0.39, 0.29) is 0 Å². The van der Waals surface area contributed by atoms with E-state index in [0.717, 1.165) is 47.0 Å². The second-order valence-corrected chi connectivity index (χ2v) is 5.26. The molecule has 0 aliphatic carbocycles. The lowest BCUT2D eigenvalue weighted by Crippen LogP contribution is -1.89. The summed E-state index contributed by atoms with van der Waals surface area (Å²) in [6.07, 6.45) is 8.03. The van der Waals surface area contributed by atoms with Gasteiger partial charge in [0.2, 0.25) is 0 Å². The van der Waals surface area contributed by atoms with Crippen molar-refractivity contribution in [1.29, 1.82) is 0 Å². The summed E-state index contributed by atoms with van der Waals surface area (Å²) >= 11 is 0. The van der Waals surface area contributed by atoms with Crippen LogP contribution in [0.1, 0.15) is 18.5 Å². The summed E-state index contributed by atoms with van der Waals surface area (Å²) in [4.78, 5) is 15.6. The van der Waals surface area contributed by atoms with E-state index in [1.165, 1.54) is 0 Å². The molecule has 0 spiro atoms. The van der Waals surface area contributed by atoms with E-state index in [9.17, 15) is 0 Å². The number of nitrogens with zero attached hydrogens (tertiary/aromatic N) is 2. The Balaban J connectivity index is 1.63. The molecule has 1 aliphatic rings. The van der Waals surface area contributed by atoms with Gasteiger partial charge < -0.3 is 9.97 Å². The first kappa shape index (κ1) is 12.8. The van der Waals surface area contributed by atoms with Crippen molar-refractivity contribution in [1.82, 2.24) is 15.0 Å². The smallest absolute Gasteiger partial charge is 0.0864 e. The van der Waals surface area contributed by atoms with E-state index in [1.54, 1.807) is 6.20 Å². The van der Waals surface area contributed by atoms with E-state index in [0.29, 0.717) is 0 Å². The average molecular weight is 288 g/mol. The van der Waals surface area contributed by atoms with E-state index in [1.807, 2.05) is 24.4 Å². The Morgan fingerprint density at radius 3 is 2.27 bits per heavy atom. The maximum absolute atomic E-state index is 4.44. The molecule has 3 aromatic rings. The van der Waals surface area contributed by atoms with Crippen LogP contribution in [0.2, 0.25) is 0 Å². The Bertz CT molecular complexity index is 837. The number of aromatic nitrogens is 3. The van der Waals surface area contributed by atoms with Crippen LogP contribution in [0.15, 0.2) is 59.7 Å². The molecule has 0 fully saturated rings. The lowest BCUT2D eigenvalue weighted by Gasteiger charge is -2.03. The van der Waals surface area contributed by atoms with Crippen LogP contribution in [0.3, 0.4) is 0 Å². The predicted molar refractivity (Wildman–Crippen MR) is 89.5 cm³/mol. The Hall–Kier alpha value is -2.88. The summed E-state index contributed by atoms with van der Waals surface area (Å²) in [5, 5.41) is 0. The van der Waals surface area contributed by atoms with Gasteiger partial charge in [-0.05, 0) is 49.2 Å². The summed E-state index contributed by atoms with van der Waals surface area (Å²) in [5.41, 5.74) is 6.14. The number of aromatic amines is 2. The van der Waals surface area contributed by atoms with Crippen molar-refractivity contribution >= 4 is 11.9 Å². The van der Waals surface area contributed by atoms with Crippen LogP contribution in [-0.2, 0) is 0 Å². The average Bonchev–Trinajstić information content (AvgIpc) is 3.26. The number of aliphatic imine (C=N–C) groups is 1. The Morgan fingerprint density at radius 2 is 1.55 bits per heavy atom. The quantitative estimate of drug-likeness (QED) is 0.742. The number of hydrogen-bond donors (Lipinski definition) is 2. The molecule has 22 heavy (non-hydrogen) atoms. The molecule has 4 heterocycles. The molecule has 0 bridgehead atoms. The number of H-pyrrole nitrogens is 2. The lowest BCUT2D eigenvalue weighted by molar-refractivity contribution is 1.09. The third kappa shape index (κ3) is 2.39. The fraction of sp³-hybridized carbons (Fsp3) is 0.111. The van der Waals surface area contributed by atoms with Gasteiger partial charge in [0, 0.05) is 12.4 Å². The minimum Gasteiger partial charge on any atom is -0.352 e. The van der Waals surface area contributed by atoms with Crippen molar-refractivity contribution in [2.75, 3.05) is 0 Å². The Morgan fingerprint density at radius 1 is 0.773 bits per heavy atom. The summed E-state index contributed by atoms with van der Waals surface area (Å²) in [6.45, 7) is 0. The van der Waals surface area contributed by atoms with Crippen molar-refractivity contribution in [3.05, 3.63) is 60.4 Å². The van der Waals surface area contributed by atoms with Gasteiger partial charge in [-0.3, -0.25) is 9.98 Å². The third-order valence-electron chi connectivity index (χ3n) is 3.74. The highest BCUT2D eigenvalue weighted by Crippen LogP contribution is 2.26. The number of hydrogen-bond acceptors (Lipinski definition) is 2. The van der Waals surface area contributed by atoms with Crippen LogP contribution < -0.4 is 0 Å². The van der Waals surface area contributed by atoms with Crippen LogP contribution in [0, 0.1) is 0 Å². The second-order valence-electron chi connectivity index (χ2n) is 5.26. The van der Waals surface area contributed by atoms with Crippen molar-refractivity contribution in [3.8, 4) is 22.8 Å². The molecule has 0 saturated heterocycles. The van der Waals surface area contributed by atoms with Gasteiger partial charge in [-0.25, -0.2) is 0 Å². The molecule has 0 atom stereocenters. The van der Waals surface area contributed by atoms with Crippen molar-refractivity contribution < 1.29 is 0 Å². The van der Waals surface area contributed by atoms with E-state index in [4.69, 9.17) is 0 Å². The van der Waals surface area contributed by atoms with Crippen LogP contribution in [0.4, 0.5) is 0 Å². The normalized spacial score (nSPS) is 14.1. The maximum Gasteiger partial charge on any atom is 0.0864 e. The topological polar surface area (TPSA) is 56.8 Å². The summed E-state index contributed by atoms with van der Waals surface area (Å²) < 4.78 is 0. The zero-order valence-electron chi connectivity index (χ0n) is 12.1. The molecule has 1 aliphatic heterocycles. The fourth-order valence-corrected chi connectivity index (χ4v) is 2.61. The molecule has 0 radical (unpaired) electrons. The van der Waals surface area contributed by atoms with Crippen LogP contribution in [-0.4, -0.2) is 21.2 Å². The first-order valence-corrected chi connectivity index (χ1v) is 7.43.